The van der Waals surface area contributed by atoms with Crippen LogP contribution in [-0.4, -0.2) is 247 Å². The van der Waals surface area contributed by atoms with E-state index in [1.807, 2.05) is 6.08 Å². The molecule has 88 heavy (non-hydrogen) atoms. The third kappa shape index (κ3) is 67.4. The number of aliphatic hydroxyl groups is 1. The number of nitrogens with two attached hydrogens (primary N) is 1. The summed E-state index contributed by atoms with van der Waals surface area (Å²) in [7, 11) is 0. The highest BCUT2D eigenvalue weighted by Gasteiger charge is 2.19. The summed E-state index contributed by atoms with van der Waals surface area (Å²) < 4.78 is 59.4. The minimum atomic E-state index is -1.04. The molecular weight excluding hydrogens is 1150 g/mol. The Hall–Kier alpha value is -4.49. The van der Waals surface area contributed by atoms with Crippen molar-refractivity contribution in [2.24, 2.45) is 10.9 Å². The van der Waals surface area contributed by atoms with Crippen LogP contribution in [0.4, 0.5) is 0 Å². The van der Waals surface area contributed by atoms with Crippen LogP contribution < -0.4 is 27.0 Å². The lowest BCUT2D eigenvalue weighted by atomic mass is 10.0. The second-order valence-electron chi connectivity index (χ2n) is 20.3. The molecule has 0 radical (unpaired) electrons. The fraction of sp³-hybridized carbons (Fsp3) is 0.852. The molecule has 0 saturated carbocycles. The first-order valence-corrected chi connectivity index (χ1v) is 32.0. The number of amides is 4. The van der Waals surface area contributed by atoms with E-state index in [1.165, 1.54) is 70.4 Å². The molecule has 0 fully saturated rings. The van der Waals surface area contributed by atoms with E-state index in [1.54, 1.807) is 13.0 Å². The first-order chi connectivity index (χ1) is 42.9. The van der Waals surface area contributed by atoms with Gasteiger partial charge in [0.1, 0.15) is 6.04 Å². The summed E-state index contributed by atoms with van der Waals surface area (Å²) in [5, 5.41) is 42.2. The molecule has 27 heteroatoms. The van der Waals surface area contributed by atoms with Crippen LogP contribution in [0, 0.1) is 0 Å². The number of hydrogen-bond acceptors (Lipinski definition) is 21. The Kier molecular flexibility index (Phi) is 68.0. The third-order valence-electron chi connectivity index (χ3n) is 12.5. The maximum absolute atomic E-state index is 12.3. The lowest BCUT2D eigenvalue weighted by Crippen LogP contribution is -2.44. The molecule has 0 saturated heterocycles. The molecule has 0 heterocycles. The van der Waals surface area contributed by atoms with Gasteiger partial charge in [-0.15, -0.1) is 0 Å². The van der Waals surface area contributed by atoms with Crippen molar-refractivity contribution in [3.63, 3.8) is 0 Å². The predicted octanol–water partition coefficient (Wildman–Crippen LogP) is 4.26. The number of unbranched alkanes of at least 4 members (excludes halogenated alkanes) is 13. The number of ether oxygens (including phenoxy) is 11. The van der Waals surface area contributed by atoms with Crippen molar-refractivity contribution in [3.05, 3.63) is 12.2 Å². The summed E-state index contributed by atoms with van der Waals surface area (Å²) in [6.45, 7) is 16.6. The molecule has 0 bridgehead atoms. The van der Waals surface area contributed by atoms with E-state index in [-0.39, 0.29) is 51.0 Å². The Morgan fingerprint density at radius 3 is 1.32 bits per heavy atom. The zero-order valence-corrected chi connectivity index (χ0v) is 53.7. The molecule has 4 atom stereocenters. The number of nitrogens with one attached hydrogen (secondary N) is 4. The van der Waals surface area contributed by atoms with Gasteiger partial charge in [-0.2, -0.15) is 0 Å². The molecule has 9 N–H and O–H groups in total. The maximum Gasteiger partial charge on any atom is 0.303 e. The number of carboxylic acid groups (broad SMARTS) is 2. The predicted molar refractivity (Wildman–Crippen MR) is 332 cm³/mol. The normalized spacial score (nSPS) is 12.7. The van der Waals surface area contributed by atoms with Crippen LogP contribution in [-0.2, 0) is 85.7 Å². The largest absolute Gasteiger partial charge is 0.481 e. The van der Waals surface area contributed by atoms with Gasteiger partial charge in [0.2, 0.25) is 18.2 Å². The van der Waals surface area contributed by atoms with E-state index in [0.29, 0.717) is 165 Å². The smallest absolute Gasteiger partial charge is 0.303 e. The number of carboxylic acids is 2. The minimum absolute atomic E-state index is 0.00830. The average Bonchev–Trinajstić information content (AvgIpc) is 3.71. The van der Waals surface area contributed by atoms with Gasteiger partial charge in [0.25, 0.3) is 5.91 Å². The average molecular weight is 1270 g/mol. The molecule has 0 rings (SSSR count). The third-order valence-corrected chi connectivity index (χ3v) is 12.5. The Morgan fingerprint density at radius 1 is 0.500 bits per heavy atom. The summed E-state index contributed by atoms with van der Waals surface area (Å²) >= 11 is 0. The van der Waals surface area contributed by atoms with Gasteiger partial charge in [0, 0.05) is 38.4 Å². The van der Waals surface area contributed by atoms with Gasteiger partial charge in [-0.25, -0.2) is 0 Å². The number of aliphatic hydroxyl groups excluding tert-OH is 1. The highest BCUT2D eigenvalue weighted by molar-refractivity contribution is 5.84. The van der Waals surface area contributed by atoms with Crippen molar-refractivity contribution in [3.8, 4) is 0 Å². The van der Waals surface area contributed by atoms with Crippen molar-refractivity contribution in [1.29, 1.82) is 0 Å². The van der Waals surface area contributed by atoms with E-state index >= 15 is 0 Å². The van der Waals surface area contributed by atoms with Gasteiger partial charge < -0.3 is 99.3 Å². The Bertz CT molecular complexity index is 1660. The van der Waals surface area contributed by atoms with Gasteiger partial charge in [0.05, 0.1) is 164 Å². The fourth-order valence-electron chi connectivity index (χ4n) is 7.61. The summed E-state index contributed by atoms with van der Waals surface area (Å²) in [6.07, 6.45) is 22.5. The number of hydrogen-bond donors (Lipinski definition) is 8. The van der Waals surface area contributed by atoms with Crippen LogP contribution in [0.25, 0.3) is 0 Å². The number of allylic oxidation sites excluding steroid dienone is 1. The minimum Gasteiger partial charge on any atom is -0.481 e. The van der Waals surface area contributed by atoms with Crippen molar-refractivity contribution < 1.29 is 101 Å². The van der Waals surface area contributed by atoms with Crippen molar-refractivity contribution in [2.75, 3.05) is 165 Å². The molecule has 27 nitrogen and oxygen atoms in total. The van der Waals surface area contributed by atoms with E-state index in [9.17, 15) is 33.9 Å². The Balaban J connectivity index is 0. The first kappa shape index (κ1) is 85.6. The lowest BCUT2D eigenvalue weighted by molar-refractivity contribution is -0.138. The van der Waals surface area contributed by atoms with Gasteiger partial charge in [-0.3, -0.25) is 28.8 Å². The molecular formula is C61H116N6O21. The van der Waals surface area contributed by atoms with E-state index < -0.39 is 41.9 Å². The number of carbonyl (C=O) groups is 6. The van der Waals surface area contributed by atoms with Gasteiger partial charge in [0.15, 0.2) is 6.61 Å². The lowest BCUT2D eigenvalue weighted by Gasteiger charge is -2.18. The van der Waals surface area contributed by atoms with Gasteiger partial charge in [-0.05, 0) is 39.0 Å². The molecule has 0 aromatic rings. The van der Waals surface area contributed by atoms with E-state index in [4.69, 9.17) is 72.9 Å². The summed E-state index contributed by atoms with van der Waals surface area (Å²) in [5.74, 6) is -3.03. The molecule has 516 valence electrons. The maximum atomic E-state index is 12.3. The summed E-state index contributed by atoms with van der Waals surface area (Å²) in [4.78, 5) is 73.2. The van der Waals surface area contributed by atoms with E-state index in [0.717, 1.165) is 32.1 Å². The zero-order valence-electron chi connectivity index (χ0n) is 53.7. The first-order valence-electron chi connectivity index (χ1n) is 32.0. The summed E-state index contributed by atoms with van der Waals surface area (Å²) in [6, 6.07) is -1.98. The Labute approximate surface area is 524 Å². The van der Waals surface area contributed by atoms with Gasteiger partial charge in [-0.1, -0.05) is 108 Å². The number of carbonyl (C=O) groups excluding carboxylic acids is 4. The van der Waals surface area contributed by atoms with Crippen LogP contribution in [0.2, 0.25) is 0 Å². The zero-order chi connectivity index (χ0) is 64.9. The number of rotatable bonds is 68. The summed E-state index contributed by atoms with van der Waals surface area (Å²) in [5.41, 5.74) is 5.32. The topological polar surface area (TPSA) is 360 Å². The second-order valence-corrected chi connectivity index (χ2v) is 20.3. The SMILES string of the molecule is CCCCCCCCCCCCC/C=C/C(O)C(/C=N\OCC(=O)NC(C)CCC(=O)O)NC(=O)CCCCC.NCCOCCOCCOCCOCCOCCOCCOCCOCCOCCOCCOCCNC(=O)C(CCC(=O)O)NC=O. The Morgan fingerprint density at radius 2 is 0.898 bits per heavy atom. The van der Waals surface area contributed by atoms with Crippen LogP contribution in [0.1, 0.15) is 149 Å². The molecule has 4 amide bonds. The fourth-order valence-corrected chi connectivity index (χ4v) is 7.61. The van der Waals surface area contributed by atoms with Crippen molar-refractivity contribution >= 4 is 42.3 Å². The number of oxime groups is 1. The van der Waals surface area contributed by atoms with Crippen molar-refractivity contribution in [2.45, 2.75) is 173 Å². The molecule has 0 aromatic carbocycles. The molecule has 0 aliphatic rings. The molecule has 0 spiro atoms. The molecule has 0 aliphatic carbocycles. The highest BCUT2D eigenvalue weighted by atomic mass is 16.6. The van der Waals surface area contributed by atoms with Crippen LogP contribution in [0.5, 0.6) is 0 Å². The van der Waals surface area contributed by atoms with Crippen LogP contribution in [0.3, 0.4) is 0 Å². The highest BCUT2D eigenvalue weighted by Crippen LogP contribution is 2.12. The second kappa shape index (κ2) is 70.0. The molecule has 4 unspecified atom stereocenters. The molecule has 0 aromatic heterocycles. The quantitative estimate of drug-likeness (QED) is 0.0139. The van der Waals surface area contributed by atoms with Crippen LogP contribution in [0.15, 0.2) is 17.3 Å². The standard InChI is InChI=1S/C31H57N3O6.C30H59N3O15/c1-4-6-8-9-10-11-12-13-14-15-16-17-19-20-28(35)27(34-29(36)21-18-7-5-2)24-32-40-25-30(37)33-26(3)22-23-31(38)39;31-3-5-38-7-9-40-11-13-42-15-17-44-19-21-46-23-25-48-26-24-47-22-20-45-18-16-43-14-12-41-10-8-39-6-4-32-30(37)28(33-27-34)1-2-29(35)36/h19-20,24,26-28,35H,4-18,21-23,25H2,1-3H3,(H,33,37)(H,34,36)(H,38,39);27-28H,1-26,31H2,(H,32,37)(H,33,34)(H,35,36)/b20-19+,32-24-;. The van der Waals surface area contributed by atoms with Gasteiger partial charge >= 0.3 is 11.9 Å². The number of aliphatic carboxylic acids is 2. The monoisotopic (exact) mass is 1270 g/mol. The van der Waals surface area contributed by atoms with Crippen LogP contribution >= 0.6 is 0 Å². The van der Waals surface area contributed by atoms with Crippen molar-refractivity contribution in [1.82, 2.24) is 21.3 Å². The number of nitrogens with zero attached hydrogens (tertiary/aromatic N) is 1. The van der Waals surface area contributed by atoms with E-state index in [2.05, 4.69) is 40.3 Å². The molecule has 0 aliphatic heterocycles.